The van der Waals surface area contributed by atoms with E-state index in [2.05, 4.69) is 48.5 Å². The molecule has 1 radical (unpaired) electrons. The molecule has 0 aromatic rings. The third-order valence-corrected chi connectivity index (χ3v) is 2.34. The van der Waals surface area contributed by atoms with Crippen molar-refractivity contribution in [2.24, 2.45) is 23.2 Å². The molecule has 0 fully saturated rings. The van der Waals surface area contributed by atoms with E-state index in [1.54, 1.807) is 0 Å². The molecule has 0 nitrogen and oxygen atoms in total. The van der Waals surface area contributed by atoms with E-state index < -0.39 is 0 Å². The maximum atomic E-state index is 4.21. The van der Waals surface area contributed by atoms with Crippen LogP contribution in [0.3, 0.4) is 0 Å². The fourth-order valence-corrected chi connectivity index (χ4v) is 2.57. The summed E-state index contributed by atoms with van der Waals surface area (Å²) in [4.78, 5) is 0. The molecule has 0 spiro atoms. The van der Waals surface area contributed by atoms with Gasteiger partial charge in [0.15, 0.2) is 0 Å². The first-order chi connectivity index (χ1) is 4.76. The first-order valence-electron chi connectivity index (χ1n) is 4.62. The Bertz CT molecular complexity index is 95.7. The monoisotopic (exact) mass is 155 g/mol. The van der Waals surface area contributed by atoms with Crippen LogP contribution in [-0.2, 0) is 0 Å². The van der Waals surface area contributed by atoms with Gasteiger partial charge < -0.3 is 0 Å². The predicted molar refractivity (Wildman–Crippen MR) is 52.3 cm³/mol. The molecular formula is C11H23. The molecule has 11 heavy (non-hydrogen) atoms. The zero-order valence-corrected chi connectivity index (χ0v) is 8.94. The van der Waals surface area contributed by atoms with Crippen LogP contribution in [0, 0.1) is 30.1 Å². The van der Waals surface area contributed by atoms with E-state index in [0.717, 1.165) is 17.8 Å². The van der Waals surface area contributed by atoms with Crippen molar-refractivity contribution in [2.75, 3.05) is 0 Å². The van der Waals surface area contributed by atoms with Crippen molar-refractivity contribution in [3.63, 3.8) is 0 Å². The SMILES string of the molecule is [CH2]C(C)(C)C(C(C)C)C(C)C. The van der Waals surface area contributed by atoms with Crippen LogP contribution in [-0.4, -0.2) is 0 Å². The molecule has 0 aliphatic carbocycles. The Morgan fingerprint density at radius 2 is 1.18 bits per heavy atom. The number of rotatable bonds is 3. The van der Waals surface area contributed by atoms with Crippen LogP contribution < -0.4 is 0 Å². The van der Waals surface area contributed by atoms with Gasteiger partial charge in [-0.2, -0.15) is 0 Å². The maximum absolute atomic E-state index is 4.21. The summed E-state index contributed by atoms with van der Waals surface area (Å²) in [5.41, 5.74) is 0.211. The summed E-state index contributed by atoms with van der Waals surface area (Å²) in [5.74, 6) is 2.20. The van der Waals surface area contributed by atoms with Gasteiger partial charge in [0.1, 0.15) is 0 Å². The average molecular weight is 155 g/mol. The van der Waals surface area contributed by atoms with E-state index in [1.165, 1.54) is 0 Å². The van der Waals surface area contributed by atoms with Crippen molar-refractivity contribution >= 4 is 0 Å². The largest absolute Gasteiger partial charge is 0.0625 e. The fourth-order valence-electron chi connectivity index (χ4n) is 2.57. The molecule has 0 aliphatic heterocycles. The smallest absolute Gasteiger partial charge is 0.0316 e. The molecule has 0 aliphatic rings. The topological polar surface area (TPSA) is 0 Å². The summed E-state index contributed by atoms with van der Waals surface area (Å²) in [6.07, 6.45) is 0. The average Bonchev–Trinajstić information content (AvgIpc) is 1.54. The van der Waals surface area contributed by atoms with Crippen LogP contribution in [0.15, 0.2) is 0 Å². The summed E-state index contributed by atoms with van der Waals surface area (Å²) in [6.45, 7) is 17.8. The highest BCUT2D eigenvalue weighted by atomic mass is 14.3. The molecule has 0 heterocycles. The molecule has 0 atom stereocenters. The van der Waals surface area contributed by atoms with Crippen molar-refractivity contribution in [3.8, 4) is 0 Å². The molecule has 0 aromatic carbocycles. The normalized spacial score (nSPS) is 13.6. The summed E-state index contributed by atoms with van der Waals surface area (Å²) in [6, 6.07) is 0. The van der Waals surface area contributed by atoms with E-state index in [0.29, 0.717) is 0 Å². The van der Waals surface area contributed by atoms with Crippen molar-refractivity contribution in [1.29, 1.82) is 0 Å². The minimum Gasteiger partial charge on any atom is -0.0625 e. The summed E-state index contributed by atoms with van der Waals surface area (Å²) in [7, 11) is 0. The van der Waals surface area contributed by atoms with Crippen LogP contribution in [0.25, 0.3) is 0 Å². The van der Waals surface area contributed by atoms with Gasteiger partial charge in [-0.05, 0) is 30.1 Å². The number of hydrogen-bond donors (Lipinski definition) is 0. The lowest BCUT2D eigenvalue weighted by Crippen LogP contribution is -2.30. The lowest BCUT2D eigenvalue weighted by atomic mass is 9.69. The van der Waals surface area contributed by atoms with Crippen molar-refractivity contribution in [3.05, 3.63) is 6.92 Å². The second kappa shape index (κ2) is 3.60. The van der Waals surface area contributed by atoms with Crippen LogP contribution in [0.2, 0.25) is 0 Å². The quantitative estimate of drug-likeness (QED) is 0.582. The molecule has 67 valence electrons. The minimum atomic E-state index is 0.211. The third-order valence-electron chi connectivity index (χ3n) is 2.34. The van der Waals surface area contributed by atoms with E-state index in [9.17, 15) is 0 Å². The summed E-state index contributed by atoms with van der Waals surface area (Å²) >= 11 is 0. The minimum absolute atomic E-state index is 0.211. The van der Waals surface area contributed by atoms with Crippen molar-refractivity contribution in [2.45, 2.75) is 41.5 Å². The van der Waals surface area contributed by atoms with Crippen LogP contribution in [0.5, 0.6) is 0 Å². The molecule has 0 saturated heterocycles. The Kier molecular flexibility index (Phi) is 3.60. The molecule has 0 bridgehead atoms. The van der Waals surface area contributed by atoms with Gasteiger partial charge in [0, 0.05) is 0 Å². The van der Waals surface area contributed by atoms with E-state index in [-0.39, 0.29) is 5.41 Å². The Morgan fingerprint density at radius 3 is 1.18 bits per heavy atom. The molecule has 0 aromatic heterocycles. The first kappa shape index (κ1) is 11.0. The van der Waals surface area contributed by atoms with E-state index >= 15 is 0 Å². The molecular weight excluding hydrogens is 132 g/mol. The second-order valence-electron chi connectivity index (χ2n) is 5.00. The van der Waals surface area contributed by atoms with E-state index in [1.807, 2.05) is 0 Å². The van der Waals surface area contributed by atoms with Crippen molar-refractivity contribution in [1.82, 2.24) is 0 Å². The summed E-state index contributed by atoms with van der Waals surface area (Å²) < 4.78 is 0. The van der Waals surface area contributed by atoms with Gasteiger partial charge in [0.05, 0.1) is 0 Å². The lowest BCUT2D eigenvalue weighted by Gasteiger charge is -2.37. The van der Waals surface area contributed by atoms with Gasteiger partial charge in [0.2, 0.25) is 0 Å². The molecule has 0 rings (SSSR count). The third kappa shape index (κ3) is 3.27. The van der Waals surface area contributed by atoms with E-state index in [4.69, 9.17) is 0 Å². The summed E-state index contributed by atoms with van der Waals surface area (Å²) in [5, 5.41) is 0. The zero-order valence-electron chi connectivity index (χ0n) is 8.94. The van der Waals surface area contributed by atoms with Gasteiger partial charge in [-0.15, -0.1) is 0 Å². The zero-order chi connectivity index (χ0) is 9.23. The first-order valence-corrected chi connectivity index (χ1v) is 4.62. The van der Waals surface area contributed by atoms with Gasteiger partial charge in [0.25, 0.3) is 0 Å². The molecule has 0 heteroatoms. The van der Waals surface area contributed by atoms with Crippen LogP contribution >= 0.6 is 0 Å². The Labute approximate surface area is 72.4 Å². The van der Waals surface area contributed by atoms with Gasteiger partial charge in [-0.1, -0.05) is 41.5 Å². The standard InChI is InChI=1S/C11H23/c1-8(2)10(9(3)4)11(5,6)7/h8-10H,5H2,1-4,6-7H3. The maximum Gasteiger partial charge on any atom is -0.0316 e. The highest BCUT2D eigenvalue weighted by Gasteiger charge is 2.29. The highest BCUT2D eigenvalue weighted by Crippen LogP contribution is 2.36. The van der Waals surface area contributed by atoms with Gasteiger partial charge >= 0.3 is 0 Å². The molecule has 0 amide bonds. The molecule has 0 unspecified atom stereocenters. The van der Waals surface area contributed by atoms with Crippen LogP contribution in [0.1, 0.15) is 41.5 Å². The second-order valence-corrected chi connectivity index (χ2v) is 5.00. The molecule has 0 N–H and O–H groups in total. The van der Waals surface area contributed by atoms with Gasteiger partial charge in [-0.25, -0.2) is 0 Å². The van der Waals surface area contributed by atoms with Crippen molar-refractivity contribution < 1.29 is 0 Å². The Hall–Kier alpha value is 0. The fraction of sp³-hybridized carbons (Fsp3) is 0.909. The Morgan fingerprint density at radius 1 is 0.909 bits per heavy atom. The Balaban J connectivity index is 4.35. The lowest BCUT2D eigenvalue weighted by molar-refractivity contribution is 0.148. The molecule has 0 saturated carbocycles. The van der Waals surface area contributed by atoms with Crippen LogP contribution in [0.4, 0.5) is 0 Å². The highest BCUT2D eigenvalue weighted by molar-refractivity contribution is 4.84. The van der Waals surface area contributed by atoms with Gasteiger partial charge in [-0.3, -0.25) is 0 Å². The predicted octanol–water partition coefficient (Wildman–Crippen LogP) is 3.77. The number of hydrogen-bond acceptors (Lipinski definition) is 0.